The minimum atomic E-state index is 0.394. The third-order valence-corrected chi connectivity index (χ3v) is 4.57. The van der Waals surface area contributed by atoms with Gasteiger partial charge in [-0.05, 0) is 37.1 Å². The van der Waals surface area contributed by atoms with E-state index in [0.717, 1.165) is 33.3 Å². The summed E-state index contributed by atoms with van der Waals surface area (Å²) in [6.07, 6.45) is 0.856. The first-order valence-corrected chi connectivity index (χ1v) is 9.32. The Kier molecular flexibility index (Phi) is 5.70. The van der Waals surface area contributed by atoms with Crippen molar-refractivity contribution in [3.63, 3.8) is 0 Å². The standard InChI is InChI=1S/C22H19BrN2O/c1-3-12-26-22-20(14-24)19(16-8-10-18(23)11-9-16)13-21(25-22)17-6-4-15(2)5-7-17/h4-11,13H,3,12H2,1-2H3. The Morgan fingerprint density at radius 3 is 2.31 bits per heavy atom. The first-order valence-electron chi connectivity index (χ1n) is 8.53. The lowest BCUT2D eigenvalue weighted by molar-refractivity contribution is 0.305. The summed E-state index contributed by atoms with van der Waals surface area (Å²) in [5.74, 6) is 0.394. The summed E-state index contributed by atoms with van der Waals surface area (Å²) in [6.45, 7) is 4.61. The second-order valence-corrected chi connectivity index (χ2v) is 6.98. The molecule has 0 N–H and O–H groups in total. The lowest BCUT2D eigenvalue weighted by Crippen LogP contribution is -2.02. The molecule has 2 aromatic carbocycles. The first-order chi connectivity index (χ1) is 12.6. The number of hydrogen-bond donors (Lipinski definition) is 0. The van der Waals surface area contributed by atoms with Gasteiger partial charge in [-0.1, -0.05) is 64.8 Å². The summed E-state index contributed by atoms with van der Waals surface area (Å²) in [7, 11) is 0. The highest BCUT2D eigenvalue weighted by Crippen LogP contribution is 2.34. The molecule has 1 heterocycles. The molecule has 26 heavy (non-hydrogen) atoms. The third-order valence-electron chi connectivity index (χ3n) is 4.04. The molecule has 0 aliphatic rings. The van der Waals surface area contributed by atoms with Gasteiger partial charge in [-0.3, -0.25) is 0 Å². The molecule has 0 aliphatic heterocycles. The fourth-order valence-electron chi connectivity index (χ4n) is 2.66. The van der Waals surface area contributed by atoms with Gasteiger partial charge in [-0.2, -0.15) is 5.26 Å². The number of hydrogen-bond acceptors (Lipinski definition) is 3. The summed E-state index contributed by atoms with van der Waals surface area (Å²) in [6, 6.07) is 20.3. The number of rotatable bonds is 5. The van der Waals surface area contributed by atoms with Crippen molar-refractivity contribution in [1.29, 1.82) is 5.26 Å². The first kappa shape index (κ1) is 18.2. The minimum Gasteiger partial charge on any atom is -0.477 e. The van der Waals surface area contributed by atoms with E-state index in [1.165, 1.54) is 5.56 Å². The van der Waals surface area contributed by atoms with Crippen molar-refractivity contribution in [3.05, 3.63) is 70.2 Å². The topological polar surface area (TPSA) is 45.9 Å². The highest BCUT2D eigenvalue weighted by Gasteiger charge is 2.16. The largest absolute Gasteiger partial charge is 0.477 e. The predicted molar refractivity (Wildman–Crippen MR) is 108 cm³/mol. The minimum absolute atomic E-state index is 0.394. The Bertz CT molecular complexity index is 942. The number of pyridine rings is 1. The molecule has 3 aromatic rings. The molecule has 0 bridgehead atoms. The zero-order valence-corrected chi connectivity index (χ0v) is 16.4. The monoisotopic (exact) mass is 406 g/mol. The fourth-order valence-corrected chi connectivity index (χ4v) is 2.93. The van der Waals surface area contributed by atoms with E-state index in [2.05, 4.69) is 46.0 Å². The molecule has 0 saturated carbocycles. The molecule has 0 aliphatic carbocycles. The maximum absolute atomic E-state index is 9.73. The van der Waals surface area contributed by atoms with Gasteiger partial charge in [0.05, 0.1) is 12.3 Å². The molecule has 0 unspecified atom stereocenters. The predicted octanol–water partition coefficient (Wildman–Crippen LogP) is 6.15. The maximum atomic E-state index is 9.73. The van der Waals surface area contributed by atoms with Crippen LogP contribution in [-0.2, 0) is 0 Å². The summed E-state index contributed by atoms with van der Waals surface area (Å²) in [5, 5.41) is 9.73. The molecule has 0 radical (unpaired) electrons. The van der Waals surface area contributed by atoms with E-state index in [0.29, 0.717) is 18.1 Å². The van der Waals surface area contributed by atoms with Gasteiger partial charge >= 0.3 is 0 Å². The van der Waals surface area contributed by atoms with Crippen LogP contribution in [-0.4, -0.2) is 11.6 Å². The van der Waals surface area contributed by atoms with E-state index >= 15 is 0 Å². The lowest BCUT2D eigenvalue weighted by Gasteiger charge is -2.13. The molecule has 3 nitrogen and oxygen atoms in total. The van der Waals surface area contributed by atoms with E-state index in [4.69, 9.17) is 4.74 Å². The van der Waals surface area contributed by atoms with Crippen LogP contribution in [0.3, 0.4) is 0 Å². The van der Waals surface area contributed by atoms with E-state index in [9.17, 15) is 5.26 Å². The average Bonchev–Trinajstić information content (AvgIpc) is 2.66. The van der Waals surface area contributed by atoms with Gasteiger partial charge in [0, 0.05) is 15.6 Å². The normalized spacial score (nSPS) is 10.4. The molecule has 0 fully saturated rings. The number of halogens is 1. The summed E-state index contributed by atoms with van der Waals surface area (Å²) in [4.78, 5) is 4.63. The Hall–Kier alpha value is -2.64. The van der Waals surface area contributed by atoms with E-state index in [1.54, 1.807) is 0 Å². The number of benzene rings is 2. The van der Waals surface area contributed by atoms with Crippen molar-refractivity contribution in [3.8, 4) is 34.3 Å². The third kappa shape index (κ3) is 3.95. The molecule has 0 amide bonds. The number of nitrogens with zero attached hydrogens (tertiary/aromatic N) is 2. The Morgan fingerprint density at radius 1 is 1.04 bits per heavy atom. The zero-order chi connectivity index (χ0) is 18.5. The molecule has 4 heteroatoms. The van der Waals surface area contributed by atoms with Crippen LogP contribution in [0.1, 0.15) is 24.5 Å². The van der Waals surface area contributed by atoms with Crippen LogP contribution < -0.4 is 4.74 Å². The number of nitriles is 1. The molecule has 1 aromatic heterocycles. The second-order valence-electron chi connectivity index (χ2n) is 6.07. The van der Waals surface area contributed by atoms with E-state index in [1.807, 2.05) is 49.4 Å². The van der Waals surface area contributed by atoms with E-state index in [-0.39, 0.29) is 0 Å². The summed E-state index contributed by atoms with van der Waals surface area (Å²) >= 11 is 3.46. The highest BCUT2D eigenvalue weighted by atomic mass is 79.9. The van der Waals surface area contributed by atoms with Crippen LogP contribution in [0, 0.1) is 18.3 Å². The van der Waals surface area contributed by atoms with Gasteiger partial charge in [-0.15, -0.1) is 0 Å². The van der Waals surface area contributed by atoms with Crippen LogP contribution in [0.2, 0.25) is 0 Å². The molecule has 130 valence electrons. The van der Waals surface area contributed by atoms with Crippen molar-refractivity contribution in [2.45, 2.75) is 20.3 Å². The van der Waals surface area contributed by atoms with Crippen LogP contribution in [0.4, 0.5) is 0 Å². The van der Waals surface area contributed by atoms with Gasteiger partial charge in [0.2, 0.25) is 5.88 Å². The second kappa shape index (κ2) is 8.16. The average molecular weight is 407 g/mol. The van der Waals surface area contributed by atoms with Crippen molar-refractivity contribution in [2.75, 3.05) is 6.61 Å². The Morgan fingerprint density at radius 2 is 1.69 bits per heavy atom. The van der Waals surface area contributed by atoms with Crippen LogP contribution in [0.25, 0.3) is 22.4 Å². The zero-order valence-electron chi connectivity index (χ0n) is 14.8. The van der Waals surface area contributed by atoms with E-state index < -0.39 is 0 Å². The van der Waals surface area contributed by atoms with Gasteiger partial charge < -0.3 is 4.74 Å². The van der Waals surface area contributed by atoms with Crippen LogP contribution in [0.15, 0.2) is 59.1 Å². The Balaban J connectivity index is 2.20. The summed E-state index contributed by atoms with van der Waals surface area (Å²) in [5.41, 5.74) is 5.25. The quantitative estimate of drug-likeness (QED) is 0.510. The molecule has 0 saturated heterocycles. The Labute approximate surface area is 162 Å². The van der Waals surface area contributed by atoms with Crippen molar-refractivity contribution in [2.24, 2.45) is 0 Å². The van der Waals surface area contributed by atoms with Crippen molar-refractivity contribution >= 4 is 15.9 Å². The van der Waals surface area contributed by atoms with Crippen LogP contribution in [0.5, 0.6) is 5.88 Å². The molecular weight excluding hydrogens is 388 g/mol. The molecular formula is C22H19BrN2O. The van der Waals surface area contributed by atoms with Crippen molar-refractivity contribution in [1.82, 2.24) is 4.98 Å². The SMILES string of the molecule is CCCOc1nc(-c2ccc(C)cc2)cc(-c2ccc(Br)cc2)c1C#N. The number of aryl methyl sites for hydroxylation is 1. The maximum Gasteiger partial charge on any atom is 0.232 e. The molecule has 3 rings (SSSR count). The van der Waals surface area contributed by atoms with Crippen molar-refractivity contribution < 1.29 is 4.74 Å². The molecule has 0 spiro atoms. The van der Waals surface area contributed by atoms with Gasteiger partial charge in [0.25, 0.3) is 0 Å². The van der Waals surface area contributed by atoms with Gasteiger partial charge in [-0.25, -0.2) is 4.98 Å². The smallest absolute Gasteiger partial charge is 0.232 e. The summed E-state index contributed by atoms with van der Waals surface area (Å²) < 4.78 is 6.80. The van der Waals surface area contributed by atoms with Crippen LogP contribution >= 0.6 is 15.9 Å². The fraction of sp³-hybridized carbons (Fsp3) is 0.182. The number of aromatic nitrogens is 1. The number of ether oxygens (including phenoxy) is 1. The van der Waals surface area contributed by atoms with Gasteiger partial charge in [0.1, 0.15) is 11.6 Å². The van der Waals surface area contributed by atoms with Gasteiger partial charge in [0.15, 0.2) is 0 Å². The highest BCUT2D eigenvalue weighted by molar-refractivity contribution is 9.10. The molecule has 0 atom stereocenters. The lowest BCUT2D eigenvalue weighted by atomic mass is 9.98.